The van der Waals surface area contributed by atoms with E-state index in [1.54, 1.807) is 18.2 Å². The first kappa shape index (κ1) is 22.0. The molecular weight excluding hydrogens is 469 g/mol. The molecule has 1 aliphatic rings. The topological polar surface area (TPSA) is 37.4 Å². The molecule has 0 saturated carbocycles. The van der Waals surface area contributed by atoms with Crippen molar-refractivity contribution in [1.29, 1.82) is 0 Å². The van der Waals surface area contributed by atoms with Gasteiger partial charge in [-0.3, -0.25) is 9.59 Å². The number of benzene rings is 3. The summed E-state index contributed by atoms with van der Waals surface area (Å²) in [5.74, 6) is -0.816. The van der Waals surface area contributed by atoms with E-state index < -0.39 is 11.8 Å². The molecule has 0 saturated heterocycles. The highest BCUT2D eigenvalue weighted by Gasteiger charge is 2.41. The molecule has 0 fully saturated rings. The van der Waals surface area contributed by atoms with Crippen LogP contribution in [0.5, 0.6) is 0 Å². The third-order valence-electron chi connectivity index (χ3n) is 4.65. The molecule has 0 radical (unpaired) electrons. The molecule has 0 spiro atoms. The van der Waals surface area contributed by atoms with Crippen LogP contribution >= 0.6 is 46.7 Å². The lowest BCUT2D eigenvalue weighted by Crippen LogP contribution is -2.31. The van der Waals surface area contributed by atoms with E-state index in [9.17, 15) is 9.59 Å². The average Bonchev–Trinajstić information content (AvgIpc) is 2.97. The third-order valence-corrected chi connectivity index (χ3v) is 7.77. The number of halogens is 2. The van der Waals surface area contributed by atoms with Crippen molar-refractivity contribution in [3.63, 3.8) is 0 Å². The predicted octanol–water partition coefficient (Wildman–Crippen LogP) is 7.28. The van der Waals surface area contributed by atoms with Gasteiger partial charge in [-0.15, -0.1) is 0 Å². The molecule has 3 nitrogen and oxygen atoms in total. The maximum atomic E-state index is 13.4. The van der Waals surface area contributed by atoms with Crippen molar-refractivity contribution in [2.75, 3.05) is 4.90 Å². The Labute approximate surface area is 199 Å². The van der Waals surface area contributed by atoms with Gasteiger partial charge in [0.1, 0.15) is 0 Å². The number of hydrogen-bond acceptors (Lipinski definition) is 4. The number of aryl methyl sites for hydroxylation is 2. The quantitative estimate of drug-likeness (QED) is 0.355. The molecule has 0 aromatic heterocycles. The monoisotopic (exact) mass is 485 g/mol. The summed E-state index contributed by atoms with van der Waals surface area (Å²) in [5, 5.41) is 0.458. The summed E-state index contributed by atoms with van der Waals surface area (Å²) >= 11 is 15.1. The Morgan fingerprint density at radius 2 is 1.13 bits per heavy atom. The molecule has 0 aliphatic carbocycles. The van der Waals surface area contributed by atoms with E-state index in [-0.39, 0.29) is 15.7 Å². The van der Waals surface area contributed by atoms with Gasteiger partial charge in [0.15, 0.2) is 0 Å². The van der Waals surface area contributed by atoms with Crippen LogP contribution in [0.1, 0.15) is 11.1 Å². The van der Waals surface area contributed by atoms with Gasteiger partial charge in [-0.25, -0.2) is 4.90 Å². The Balaban J connectivity index is 1.77. The molecule has 7 heteroatoms. The van der Waals surface area contributed by atoms with Gasteiger partial charge in [0.25, 0.3) is 11.8 Å². The summed E-state index contributed by atoms with van der Waals surface area (Å²) in [7, 11) is 0. The van der Waals surface area contributed by atoms with E-state index in [4.69, 9.17) is 23.2 Å². The number of amides is 2. The fraction of sp³-hybridized carbons (Fsp3) is 0.0833. The zero-order valence-corrected chi connectivity index (χ0v) is 19.8. The Hall–Kier alpha value is -2.18. The molecular formula is C24H17Cl2NO2S2. The van der Waals surface area contributed by atoms with Crippen molar-refractivity contribution in [3.8, 4) is 0 Å². The minimum Gasteiger partial charge on any atom is -0.268 e. The number of nitrogens with zero attached hydrogens (tertiary/aromatic N) is 1. The fourth-order valence-electron chi connectivity index (χ4n) is 3.00. The Kier molecular flexibility index (Phi) is 6.49. The average molecular weight is 486 g/mol. The Morgan fingerprint density at radius 1 is 0.677 bits per heavy atom. The van der Waals surface area contributed by atoms with E-state index >= 15 is 0 Å². The van der Waals surface area contributed by atoms with Gasteiger partial charge in [0.2, 0.25) is 0 Å². The van der Waals surface area contributed by atoms with Crippen molar-refractivity contribution >= 4 is 64.2 Å². The maximum absolute atomic E-state index is 13.4. The molecule has 0 atom stereocenters. The number of thioether (sulfide) groups is 2. The van der Waals surface area contributed by atoms with Crippen LogP contribution in [0.2, 0.25) is 10.0 Å². The molecule has 156 valence electrons. The van der Waals surface area contributed by atoms with Crippen LogP contribution in [0.4, 0.5) is 5.69 Å². The summed E-state index contributed by atoms with van der Waals surface area (Å²) in [4.78, 5) is 30.4. The van der Waals surface area contributed by atoms with Gasteiger partial charge in [-0.2, -0.15) is 0 Å². The van der Waals surface area contributed by atoms with Gasteiger partial charge in [-0.05, 0) is 50.2 Å². The first-order valence-corrected chi connectivity index (χ1v) is 11.8. The molecule has 0 bridgehead atoms. The van der Waals surface area contributed by atoms with Gasteiger partial charge < -0.3 is 0 Å². The van der Waals surface area contributed by atoms with E-state index in [2.05, 4.69) is 0 Å². The van der Waals surface area contributed by atoms with Crippen LogP contribution in [0, 0.1) is 13.8 Å². The summed E-state index contributed by atoms with van der Waals surface area (Å²) in [5.41, 5.74) is 2.52. The highest BCUT2D eigenvalue weighted by molar-refractivity contribution is 8.08. The minimum atomic E-state index is -0.408. The largest absolute Gasteiger partial charge is 0.273 e. The van der Waals surface area contributed by atoms with Crippen LogP contribution < -0.4 is 4.90 Å². The van der Waals surface area contributed by atoms with Gasteiger partial charge in [-0.1, -0.05) is 88.2 Å². The molecule has 1 heterocycles. The predicted molar refractivity (Wildman–Crippen MR) is 130 cm³/mol. The molecule has 0 unspecified atom stereocenters. The molecule has 0 N–H and O–H groups in total. The summed E-state index contributed by atoms with van der Waals surface area (Å²) in [6.07, 6.45) is 0. The number of anilines is 1. The van der Waals surface area contributed by atoms with E-state index in [0.29, 0.717) is 9.81 Å². The van der Waals surface area contributed by atoms with Crippen molar-refractivity contribution < 1.29 is 9.59 Å². The molecule has 2 amide bonds. The highest BCUT2D eigenvalue weighted by Crippen LogP contribution is 2.45. The van der Waals surface area contributed by atoms with Gasteiger partial charge in [0.05, 0.1) is 25.5 Å². The maximum Gasteiger partial charge on any atom is 0.273 e. The van der Waals surface area contributed by atoms with Crippen molar-refractivity contribution in [1.82, 2.24) is 0 Å². The normalized spacial score (nSPS) is 14.0. The lowest BCUT2D eigenvalue weighted by molar-refractivity contribution is -0.120. The number of rotatable bonds is 5. The molecule has 31 heavy (non-hydrogen) atoms. The van der Waals surface area contributed by atoms with E-state index in [1.807, 2.05) is 62.4 Å². The van der Waals surface area contributed by atoms with Gasteiger partial charge in [0, 0.05) is 9.79 Å². The third kappa shape index (κ3) is 4.55. The first-order chi connectivity index (χ1) is 14.8. The molecule has 3 aromatic carbocycles. The van der Waals surface area contributed by atoms with Crippen LogP contribution in [-0.2, 0) is 9.59 Å². The zero-order valence-electron chi connectivity index (χ0n) is 16.7. The number of carbonyl (C=O) groups excluding carboxylic acids is 2. The van der Waals surface area contributed by atoms with Crippen molar-refractivity contribution in [2.45, 2.75) is 23.6 Å². The summed E-state index contributed by atoms with van der Waals surface area (Å²) < 4.78 is 0. The number of imide groups is 1. The van der Waals surface area contributed by atoms with E-state index in [0.717, 1.165) is 25.8 Å². The Morgan fingerprint density at radius 3 is 1.58 bits per heavy atom. The fourth-order valence-corrected chi connectivity index (χ4v) is 5.36. The Bertz CT molecular complexity index is 1140. The molecule has 4 rings (SSSR count). The van der Waals surface area contributed by atoms with Crippen LogP contribution in [0.3, 0.4) is 0 Å². The van der Waals surface area contributed by atoms with E-state index in [1.165, 1.54) is 23.5 Å². The molecule has 1 aliphatic heterocycles. The lowest BCUT2D eigenvalue weighted by atomic mass is 10.2. The van der Waals surface area contributed by atoms with Crippen molar-refractivity contribution in [3.05, 3.63) is 97.7 Å². The van der Waals surface area contributed by atoms with Crippen LogP contribution in [0.15, 0.2) is 86.3 Å². The smallest absolute Gasteiger partial charge is 0.268 e. The second kappa shape index (κ2) is 9.13. The highest BCUT2D eigenvalue weighted by atomic mass is 35.5. The second-order valence-electron chi connectivity index (χ2n) is 7.01. The van der Waals surface area contributed by atoms with Crippen molar-refractivity contribution in [2.24, 2.45) is 0 Å². The summed E-state index contributed by atoms with van der Waals surface area (Å²) in [6, 6.07) is 20.6. The minimum absolute atomic E-state index is 0.173. The second-order valence-corrected chi connectivity index (χ2v) is 9.96. The summed E-state index contributed by atoms with van der Waals surface area (Å²) in [6.45, 7) is 4.00. The lowest BCUT2D eigenvalue weighted by Gasteiger charge is -2.17. The first-order valence-electron chi connectivity index (χ1n) is 9.41. The standard InChI is InChI=1S/C24H17Cl2NO2S2/c1-14-6-10-16(11-7-14)30-21-22(31-17-12-8-15(2)9-13-17)24(29)27(23(21)28)19-5-3-4-18(25)20(19)26/h3-13H,1-2H3. The molecule has 3 aromatic rings. The number of carbonyl (C=O) groups is 2. The zero-order chi connectivity index (χ0) is 22.1. The van der Waals surface area contributed by atoms with Gasteiger partial charge >= 0.3 is 0 Å². The van der Waals surface area contributed by atoms with Crippen LogP contribution in [0.25, 0.3) is 0 Å². The number of hydrogen-bond donors (Lipinski definition) is 0. The SMILES string of the molecule is Cc1ccc(SC2=C(Sc3ccc(C)cc3)C(=O)N(c3cccc(Cl)c3Cl)C2=O)cc1. The van der Waals surface area contributed by atoms with Crippen LogP contribution in [-0.4, -0.2) is 11.8 Å².